The van der Waals surface area contributed by atoms with Gasteiger partial charge in [0.05, 0.1) is 16.9 Å². The molecular formula is C21H32N4O. The fourth-order valence-corrected chi connectivity index (χ4v) is 2.90. The number of nitrogens with two attached hydrogens (primary N) is 1. The molecule has 0 unspecified atom stereocenters. The second-order valence-electron chi connectivity index (χ2n) is 8.95. The standard InChI is InChI=1S/C21H32N4O/c1-15-8-10-16(11-9-15)25-12-17(18(23-25)20(2,3)4)19(26)24(7)14-21(5,6)13-22/h8-12H,13-14,22H2,1-7H3. The lowest BCUT2D eigenvalue weighted by atomic mass is 9.89. The van der Waals surface area contributed by atoms with E-state index in [-0.39, 0.29) is 16.7 Å². The van der Waals surface area contributed by atoms with Crippen molar-refractivity contribution in [3.8, 4) is 5.69 Å². The summed E-state index contributed by atoms with van der Waals surface area (Å²) in [4.78, 5) is 14.9. The molecule has 5 heteroatoms. The Morgan fingerprint density at radius 3 is 2.23 bits per heavy atom. The van der Waals surface area contributed by atoms with E-state index in [9.17, 15) is 4.79 Å². The third-order valence-electron chi connectivity index (χ3n) is 4.52. The van der Waals surface area contributed by atoms with Gasteiger partial charge in [-0.25, -0.2) is 4.68 Å². The zero-order valence-electron chi connectivity index (χ0n) is 17.1. The van der Waals surface area contributed by atoms with Crippen LogP contribution in [0, 0.1) is 12.3 Å². The molecule has 1 heterocycles. The van der Waals surface area contributed by atoms with Crippen LogP contribution >= 0.6 is 0 Å². The number of amides is 1. The minimum atomic E-state index is -0.231. The van der Waals surface area contributed by atoms with Crippen LogP contribution in [0.2, 0.25) is 0 Å². The summed E-state index contributed by atoms with van der Waals surface area (Å²) in [5.74, 6) is -0.0187. The van der Waals surface area contributed by atoms with E-state index >= 15 is 0 Å². The van der Waals surface area contributed by atoms with E-state index < -0.39 is 0 Å². The van der Waals surface area contributed by atoms with Crippen LogP contribution in [0.3, 0.4) is 0 Å². The predicted molar refractivity (Wildman–Crippen MR) is 107 cm³/mol. The lowest BCUT2D eigenvalue weighted by molar-refractivity contribution is 0.0738. The first-order chi connectivity index (χ1) is 11.9. The number of nitrogens with zero attached hydrogens (tertiary/aromatic N) is 3. The molecule has 2 aromatic rings. The number of hydrogen-bond acceptors (Lipinski definition) is 3. The van der Waals surface area contributed by atoms with Crippen molar-refractivity contribution < 1.29 is 4.79 Å². The summed E-state index contributed by atoms with van der Waals surface area (Å²) in [5.41, 5.74) is 9.07. The number of aryl methyl sites for hydroxylation is 1. The van der Waals surface area contributed by atoms with Crippen molar-refractivity contribution in [2.45, 2.75) is 47.0 Å². The summed E-state index contributed by atoms with van der Waals surface area (Å²) in [7, 11) is 1.83. The van der Waals surface area contributed by atoms with E-state index in [0.29, 0.717) is 18.7 Å². The fraction of sp³-hybridized carbons (Fsp3) is 0.524. The Labute approximate surface area is 157 Å². The number of benzene rings is 1. The van der Waals surface area contributed by atoms with E-state index in [2.05, 4.69) is 41.5 Å². The Kier molecular flexibility index (Phi) is 5.61. The quantitative estimate of drug-likeness (QED) is 0.891. The van der Waals surface area contributed by atoms with Crippen LogP contribution in [0.15, 0.2) is 30.5 Å². The maximum atomic E-state index is 13.1. The average molecular weight is 357 g/mol. The third-order valence-corrected chi connectivity index (χ3v) is 4.52. The molecule has 5 nitrogen and oxygen atoms in total. The molecule has 26 heavy (non-hydrogen) atoms. The molecule has 0 atom stereocenters. The molecule has 0 aliphatic rings. The van der Waals surface area contributed by atoms with E-state index in [4.69, 9.17) is 10.8 Å². The highest BCUT2D eigenvalue weighted by molar-refractivity contribution is 5.95. The second-order valence-corrected chi connectivity index (χ2v) is 8.95. The van der Waals surface area contributed by atoms with Crippen molar-refractivity contribution >= 4 is 5.91 Å². The summed E-state index contributed by atoms with van der Waals surface area (Å²) in [6.07, 6.45) is 1.85. The lowest BCUT2D eigenvalue weighted by Gasteiger charge is -2.29. The lowest BCUT2D eigenvalue weighted by Crippen LogP contribution is -2.40. The molecular weight excluding hydrogens is 324 g/mol. The highest BCUT2D eigenvalue weighted by atomic mass is 16.2. The molecule has 0 radical (unpaired) electrons. The maximum Gasteiger partial charge on any atom is 0.257 e. The van der Waals surface area contributed by atoms with Crippen molar-refractivity contribution in [1.29, 1.82) is 0 Å². The van der Waals surface area contributed by atoms with Gasteiger partial charge in [-0.15, -0.1) is 0 Å². The third kappa shape index (κ3) is 4.52. The predicted octanol–water partition coefficient (Wildman–Crippen LogP) is 3.54. The van der Waals surface area contributed by atoms with Gasteiger partial charge in [-0.3, -0.25) is 4.79 Å². The van der Waals surface area contributed by atoms with Gasteiger partial charge in [-0.1, -0.05) is 52.3 Å². The molecule has 0 saturated carbocycles. The van der Waals surface area contributed by atoms with Crippen LogP contribution in [0.25, 0.3) is 5.69 Å². The van der Waals surface area contributed by atoms with Gasteiger partial charge in [-0.05, 0) is 31.0 Å². The van der Waals surface area contributed by atoms with Gasteiger partial charge in [0.25, 0.3) is 5.91 Å². The Morgan fingerprint density at radius 2 is 1.73 bits per heavy atom. The summed E-state index contributed by atoms with van der Waals surface area (Å²) < 4.78 is 1.80. The van der Waals surface area contributed by atoms with Gasteiger partial charge < -0.3 is 10.6 Å². The number of carbonyl (C=O) groups is 1. The maximum absolute atomic E-state index is 13.1. The molecule has 0 fully saturated rings. The van der Waals surface area contributed by atoms with Gasteiger partial charge >= 0.3 is 0 Å². The minimum Gasteiger partial charge on any atom is -0.341 e. The van der Waals surface area contributed by atoms with Gasteiger partial charge in [0, 0.05) is 25.2 Å². The van der Waals surface area contributed by atoms with Gasteiger partial charge in [0.15, 0.2) is 0 Å². The Bertz CT molecular complexity index is 766. The second kappa shape index (κ2) is 7.23. The molecule has 2 rings (SSSR count). The van der Waals surface area contributed by atoms with Gasteiger partial charge in [0.2, 0.25) is 0 Å². The van der Waals surface area contributed by atoms with Crippen LogP contribution in [0.1, 0.15) is 56.2 Å². The Balaban J connectivity index is 2.43. The smallest absolute Gasteiger partial charge is 0.257 e. The van der Waals surface area contributed by atoms with Gasteiger partial charge in [-0.2, -0.15) is 5.10 Å². The van der Waals surface area contributed by atoms with Crippen LogP contribution < -0.4 is 5.73 Å². The highest BCUT2D eigenvalue weighted by Gasteiger charge is 2.30. The first-order valence-electron chi connectivity index (χ1n) is 9.07. The Morgan fingerprint density at radius 1 is 1.15 bits per heavy atom. The largest absolute Gasteiger partial charge is 0.341 e. The van der Waals surface area contributed by atoms with E-state index in [1.165, 1.54) is 5.56 Å². The van der Waals surface area contributed by atoms with Crippen molar-refractivity contribution in [1.82, 2.24) is 14.7 Å². The molecule has 1 aromatic heterocycles. The first-order valence-corrected chi connectivity index (χ1v) is 9.07. The van der Waals surface area contributed by atoms with E-state index in [1.54, 1.807) is 9.58 Å². The molecule has 142 valence electrons. The molecule has 0 aliphatic carbocycles. The molecule has 2 N–H and O–H groups in total. The molecule has 0 bridgehead atoms. The van der Waals surface area contributed by atoms with Crippen LogP contribution in [0.5, 0.6) is 0 Å². The van der Waals surface area contributed by atoms with Crippen molar-refractivity contribution in [2.75, 3.05) is 20.1 Å². The summed E-state index contributed by atoms with van der Waals surface area (Å²) in [6.45, 7) is 13.5. The van der Waals surface area contributed by atoms with Crippen LogP contribution in [-0.4, -0.2) is 40.7 Å². The number of aromatic nitrogens is 2. The summed E-state index contributed by atoms with van der Waals surface area (Å²) >= 11 is 0. The SMILES string of the molecule is Cc1ccc(-n2cc(C(=O)N(C)CC(C)(C)CN)c(C(C)(C)C)n2)cc1. The minimum absolute atomic E-state index is 0.0187. The van der Waals surface area contributed by atoms with Crippen LogP contribution in [-0.2, 0) is 5.41 Å². The van der Waals surface area contributed by atoms with Gasteiger partial charge in [0.1, 0.15) is 0 Å². The summed E-state index contributed by atoms with van der Waals surface area (Å²) in [6, 6.07) is 8.13. The van der Waals surface area contributed by atoms with Crippen LogP contribution in [0.4, 0.5) is 0 Å². The topological polar surface area (TPSA) is 64.2 Å². The molecule has 1 amide bonds. The van der Waals surface area contributed by atoms with E-state index in [0.717, 1.165) is 11.4 Å². The summed E-state index contributed by atoms with van der Waals surface area (Å²) in [5, 5.41) is 4.75. The number of hydrogen-bond donors (Lipinski definition) is 1. The van der Waals surface area contributed by atoms with E-state index in [1.807, 2.05) is 37.5 Å². The molecule has 1 aromatic carbocycles. The molecule has 0 saturated heterocycles. The number of carbonyl (C=O) groups excluding carboxylic acids is 1. The first kappa shape index (κ1) is 20.2. The van der Waals surface area contributed by atoms with Crippen molar-refractivity contribution in [3.05, 3.63) is 47.3 Å². The monoisotopic (exact) mass is 356 g/mol. The zero-order valence-corrected chi connectivity index (χ0v) is 17.1. The highest BCUT2D eigenvalue weighted by Crippen LogP contribution is 2.27. The number of rotatable bonds is 5. The average Bonchev–Trinajstić information content (AvgIpc) is 3.00. The zero-order chi connectivity index (χ0) is 19.7. The normalized spacial score (nSPS) is 12.3. The molecule has 0 spiro atoms. The fourth-order valence-electron chi connectivity index (χ4n) is 2.90. The van der Waals surface area contributed by atoms with Crippen molar-refractivity contribution in [3.63, 3.8) is 0 Å². The van der Waals surface area contributed by atoms with Crippen molar-refractivity contribution in [2.24, 2.45) is 11.1 Å². The molecule has 0 aliphatic heterocycles. The Hall–Kier alpha value is -2.14.